The van der Waals surface area contributed by atoms with Gasteiger partial charge >= 0.3 is 0 Å². The highest BCUT2D eigenvalue weighted by molar-refractivity contribution is 5.95. The summed E-state index contributed by atoms with van der Waals surface area (Å²) in [6.45, 7) is 9.30. The fourth-order valence-electron chi connectivity index (χ4n) is 3.51. The van der Waals surface area contributed by atoms with Gasteiger partial charge in [0.1, 0.15) is 12.1 Å². The summed E-state index contributed by atoms with van der Waals surface area (Å²) in [7, 11) is 0. The van der Waals surface area contributed by atoms with E-state index in [1.165, 1.54) is 5.56 Å². The molecule has 28 heavy (non-hydrogen) atoms. The lowest BCUT2D eigenvalue weighted by molar-refractivity contribution is -0.120. The van der Waals surface area contributed by atoms with Gasteiger partial charge in [0.15, 0.2) is 5.82 Å². The maximum Gasteiger partial charge on any atom is 0.231 e. The highest BCUT2D eigenvalue weighted by Crippen LogP contribution is 2.26. The minimum Gasteiger partial charge on any atom is -0.355 e. The van der Waals surface area contributed by atoms with E-state index in [2.05, 4.69) is 31.3 Å². The Balaban J connectivity index is 1.42. The minimum atomic E-state index is -0.0483. The molecule has 2 aromatic heterocycles. The molecule has 0 atom stereocenters. The van der Waals surface area contributed by atoms with Gasteiger partial charge in [-0.3, -0.25) is 4.79 Å². The summed E-state index contributed by atoms with van der Waals surface area (Å²) in [5.74, 6) is 1.55. The third kappa shape index (κ3) is 3.47. The van der Waals surface area contributed by atoms with Crippen molar-refractivity contribution in [1.29, 1.82) is 0 Å². The van der Waals surface area contributed by atoms with Crippen molar-refractivity contribution in [3.05, 3.63) is 59.2 Å². The van der Waals surface area contributed by atoms with Gasteiger partial charge in [0, 0.05) is 30.5 Å². The van der Waals surface area contributed by atoms with Gasteiger partial charge in [0.25, 0.3) is 0 Å². The molecule has 1 aromatic carbocycles. The number of aryl methyl sites for hydroxylation is 4. The fraction of sp³-hybridized carbons (Fsp3) is 0.333. The predicted molar refractivity (Wildman–Crippen MR) is 109 cm³/mol. The first-order valence-corrected chi connectivity index (χ1v) is 9.39. The Morgan fingerprint density at radius 2 is 1.79 bits per heavy atom. The van der Waals surface area contributed by atoms with E-state index in [-0.39, 0.29) is 11.8 Å². The molecule has 0 aliphatic carbocycles. The molecule has 3 aromatic rings. The van der Waals surface area contributed by atoms with Crippen LogP contribution in [0.4, 0.5) is 11.5 Å². The Morgan fingerprint density at radius 3 is 2.46 bits per heavy atom. The summed E-state index contributed by atoms with van der Waals surface area (Å²) < 4.78 is 1.81. The van der Waals surface area contributed by atoms with Crippen LogP contribution in [-0.2, 0) is 4.79 Å². The zero-order chi connectivity index (χ0) is 19.8. The van der Waals surface area contributed by atoms with Crippen molar-refractivity contribution >= 4 is 17.4 Å². The van der Waals surface area contributed by atoms with Gasteiger partial charge in [-0.25, -0.2) is 14.6 Å². The van der Waals surface area contributed by atoms with Crippen LogP contribution in [0.15, 0.2) is 36.7 Å². The zero-order valence-electron chi connectivity index (χ0n) is 16.6. The average molecular weight is 376 g/mol. The highest BCUT2D eigenvalue weighted by Gasteiger charge is 2.34. The van der Waals surface area contributed by atoms with E-state index in [0.717, 1.165) is 34.3 Å². The summed E-state index contributed by atoms with van der Waals surface area (Å²) in [4.78, 5) is 23.3. The van der Waals surface area contributed by atoms with Gasteiger partial charge in [0.05, 0.1) is 11.6 Å². The van der Waals surface area contributed by atoms with Crippen molar-refractivity contribution < 1.29 is 4.79 Å². The standard InChI is InChI=1S/C21H24N6O/c1-13-5-6-18(14(2)7-13)24-21(28)17-10-26(11-17)19-9-20(23-12-22-19)27-16(4)8-15(3)25-27/h5-9,12,17H,10-11H2,1-4H3,(H,24,28). The molecule has 1 aliphatic rings. The third-order valence-electron chi connectivity index (χ3n) is 5.08. The van der Waals surface area contributed by atoms with Gasteiger partial charge in [-0.1, -0.05) is 17.7 Å². The topological polar surface area (TPSA) is 75.9 Å². The van der Waals surface area contributed by atoms with Gasteiger partial charge in [-0.05, 0) is 45.4 Å². The molecule has 0 unspecified atom stereocenters. The molecule has 0 radical (unpaired) electrons. The Hall–Kier alpha value is -3.22. The second-order valence-electron chi connectivity index (χ2n) is 7.48. The molecular formula is C21H24N6O. The Kier molecular flexibility index (Phi) is 4.58. The molecule has 1 aliphatic heterocycles. The number of hydrogen-bond donors (Lipinski definition) is 1. The smallest absolute Gasteiger partial charge is 0.231 e. The number of carbonyl (C=O) groups is 1. The quantitative estimate of drug-likeness (QED) is 0.758. The molecule has 4 rings (SSSR count). The van der Waals surface area contributed by atoms with Crippen molar-refractivity contribution in [2.45, 2.75) is 27.7 Å². The van der Waals surface area contributed by atoms with Crippen LogP contribution < -0.4 is 10.2 Å². The Bertz CT molecular complexity index is 1040. The van der Waals surface area contributed by atoms with Gasteiger partial charge in [0.2, 0.25) is 5.91 Å². The molecule has 144 valence electrons. The Labute approximate surface area is 164 Å². The summed E-state index contributed by atoms with van der Waals surface area (Å²) >= 11 is 0. The Morgan fingerprint density at radius 1 is 1.04 bits per heavy atom. The van der Waals surface area contributed by atoms with Crippen molar-refractivity contribution in [2.75, 3.05) is 23.3 Å². The molecule has 1 fully saturated rings. The van der Waals surface area contributed by atoms with E-state index in [4.69, 9.17) is 0 Å². The summed E-state index contributed by atoms with van der Waals surface area (Å²) in [5.41, 5.74) is 5.12. The van der Waals surface area contributed by atoms with Crippen LogP contribution in [0.5, 0.6) is 0 Å². The molecule has 7 heteroatoms. The van der Waals surface area contributed by atoms with Crippen molar-refractivity contribution in [3.8, 4) is 5.82 Å². The molecule has 0 spiro atoms. The van der Waals surface area contributed by atoms with E-state index < -0.39 is 0 Å². The number of benzene rings is 1. The van der Waals surface area contributed by atoms with Gasteiger partial charge in [-0.15, -0.1) is 0 Å². The van der Waals surface area contributed by atoms with E-state index in [1.54, 1.807) is 6.33 Å². The van der Waals surface area contributed by atoms with Crippen LogP contribution in [0.2, 0.25) is 0 Å². The summed E-state index contributed by atoms with van der Waals surface area (Å²) in [5, 5.41) is 7.52. The number of amides is 1. The van der Waals surface area contributed by atoms with Crippen LogP contribution in [-0.4, -0.2) is 38.7 Å². The van der Waals surface area contributed by atoms with Gasteiger partial charge < -0.3 is 10.2 Å². The van der Waals surface area contributed by atoms with Crippen LogP contribution in [0.3, 0.4) is 0 Å². The van der Waals surface area contributed by atoms with Crippen LogP contribution >= 0.6 is 0 Å². The first kappa shape index (κ1) is 18.2. The molecule has 0 saturated carbocycles. The number of rotatable bonds is 4. The monoisotopic (exact) mass is 376 g/mol. The number of aromatic nitrogens is 4. The second-order valence-corrected chi connectivity index (χ2v) is 7.48. The number of anilines is 2. The lowest BCUT2D eigenvalue weighted by atomic mass is 9.98. The molecule has 1 N–H and O–H groups in total. The van der Waals surface area contributed by atoms with Gasteiger partial charge in [-0.2, -0.15) is 5.10 Å². The van der Waals surface area contributed by atoms with Crippen LogP contribution in [0.25, 0.3) is 5.82 Å². The van der Waals surface area contributed by atoms with Crippen molar-refractivity contribution in [3.63, 3.8) is 0 Å². The zero-order valence-corrected chi connectivity index (χ0v) is 16.6. The lowest BCUT2D eigenvalue weighted by Gasteiger charge is -2.39. The number of hydrogen-bond acceptors (Lipinski definition) is 5. The first-order valence-electron chi connectivity index (χ1n) is 9.39. The molecule has 0 bridgehead atoms. The predicted octanol–water partition coefficient (Wildman–Crippen LogP) is 2.97. The van der Waals surface area contributed by atoms with E-state index >= 15 is 0 Å². The van der Waals surface area contributed by atoms with E-state index in [1.807, 2.05) is 56.6 Å². The largest absolute Gasteiger partial charge is 0.355 e. The SMILES string of the molecule is Cc1ccc(NC(=O)C2CN(c3cc(-n4nc(C)cc4C)ncn3)C2)c(C)c1. The number of carbonyl (C=O) groups excluding carboxylic acids is 1. The van der Waals surface area contributed by atoms with Crippen LogP contribution in [0, 0.1) is 33.6 Å². The highest BCUT2D eigenvalue weighted by atomic mass is 16.2. The van der Waals surface area contributed by atoms with E-state index in [0.29, 0.717) is 13.1 Å². The van der Waals surface area contributed by atoms with Crippen molar-refractivity contribution in [2.24, 2.45) is 5.92 Å². The number of nitrogens with one attached hydrogen (secondary N) is 1. The fourth-order valence-corrected chi connectivity index (χ4v) is 3.51. The second kappa shape index (κ2) is 7.07. The number of nitrogens with zero attached hydrogens (tertiary/aromatic N) is 5. The molecule has 1 amide bonds. The summed E-state index contributed by atoms with van der Waals surface area (Å²) in [6.07, 6.45) is 1.55. The molecule has 1 saturated heterocycles. The molecule has 7 nitrogen and oxygen atoms in total. The first-order chi connectivity index (χ1) is 13.4. The average Bonchev–Trinajstić information content (AvgIpc) is 2.95. The lowest BCUT2D eigenvalue weighted by Crippen LogP contribution is -2.52. The molecular weight excluding hydrogens is 352 g/mol. The normalized spacial score (nSPS) is 14.1. The maximum absolute atomic E-state index is 12.6. The maximum atomic E-state index is 12.6. The molecule has 3 heterocycles. The third-order valence-corrected chi connectivity index (χ3v) is 5.08. The van der Waals surface area contributed by atoms with E-state index in [9.17, 15) is 4.79 Å². The van der Waals surface area contributed by atoms with Crippen LogP contribution in [0.1, 0.15) is 22.5 Å². The summed E-state index contributed by atoms with van der Waals surface area (Å²) in [6, 6.07) is 9.97. The minimum absolute atomic E-state index is 0.0483. The van der Waals surface area contributed by atoms with Crippen molar-refractivity contribution in [1.82, 2.24) is 19.7 Å².